The minimum Gasteiger partial charge on any atom is -0.480 e. The highest BCUT2D eigenvalue weighted by Gasteiger charge is 2.18. The van der Waals surface area contributed by atoms with Crippen molar-refractivity contribution in [3.05, 3.63) is 12.7 Å². The van der Waals surface area contributed by atoms with E-state index in [0.29, 0.717) is 0 Å². The molecule has 19 heavy (non-hydrogen) atoms. The van der Waals surface area contributed by atoms with Crippen LogP contribution in [0.1, 0.15) is 46.0 Å². The van der Waals surface area contributed by atoms with Crippen LogP contribution in [0, 0.1) is 0 Å². The molecule has 0 fully saturated rings. The molecule has 2 N–H and O–H groups in total. The summed E-state index contributed by atoms with van der Waals surface area (Å²) in [6, 6.07) is -0.199. The first kappa shape index (κ1) is 17.5. The van der Waals surface area contributed by atoms with Crippen molar-refractivity contribution in [2.24, 2.45) is 0 Å². The first-order valence-corrected chi connectivity index (χ1v) is 6.93. The van der Waals surface area contributed by atoms with Gasteiger partial charge in [0.05, 0.1) is 0 Å². The lowest BCUT2D eigenvalue weighted by Gasteiger charge is -2.24. The largest absolute Gasteiger partial charge is 0.480 e. The molecular formula is C14H26N2O3. The molecule has 2 amide bonds. The van der Waals surface area contributed by atoms with Gasteiger partial charge in [-0.2, -0.15) is 0 Å². The van der Waals surface area contributed by atoms with Gasteiger partial charge >= 0.3 is 12.0 Å². The highest BCUT2D eigenvalue weighted by atomic mass is 16.4. The van der Waals surface area contributed by atoms with Gasteiger partial charge in [0.25, 0.3) is 0 Å². The van der Waals surface area contributed by atoms with Crippen LogP contribution in [0.5, 0.6) is 0 Å². The van der Waals surface area contributed by atoms with Gasteiger partial charge in [0.15, 0.2) is 0 Å². The van der Waals surface area contributed by atoms with Crippen LogP contribution in [0.3, 0.4) is 0 Å². The molecular weight excluding hydrogens is 244 g/mol. The van der Waals surface area contributed by atoms with E-state index in [1.807, 2.05) is 0 Å². The third-order valence-corrected chi connectivity index (χ3v) is 2.83. The van der Waals surface area contributed by atoms with Crippen LogP contribution < -0.4 is 5.32 Å². The Morgan fingerprint density at radius 1 is 1.32 bits per heavy atom. The van der Waals surface area contributed by atoms with Crippen LogP contribution in [0.15, 0.2) is 12.7 Å². The molecule has 0 aromatic rings. The molecule has 0 aliphatic rings. The maximum atomic E-state index is 12.0. The first-order chi connectivity index (χ1) is 9.04. The number of amides is 2. The summed E-state index contributed by atoms with van der Waals surface area (Å²) in [5.74, 6) is -1.02. The average Bonchev–Trinajstić information content (AvgIpc) is 2.35. The second-order valence-electron chi connectivity index (χ2n) is 4.64. The van der Waals surface area contributed by atoms with Crippen molar-refractivity contribution in [1.29, 1.82) is 0 Å². The lowest BCUT2D eigenvalue weighted by Crippen LogP contribution is -2.46. The van der Waals surface area contributed by atoms with Gasteiger partial charge in [-0.15, -0.1) is 6.58 Å². The van der Waals surface area contributed by atoms with E-state index in [2.05, 4.69) is 25.7 Å². The van der Waals surface area contributed by atoms with Crippen LogP contribution in [-0.2, 0) is 4.79 Å². The average molecular weight is 270 g/mol. The zero-order valence-corrected chi connectivity index (χ0v) is 12.0. The molecule has 5 heteroatoms. The number of nitrogens with zero attached hydrogens (tertiary/aromatic N) is 1. The fourth-order valence-corrected chi connectivity index (χ4v) is 1.89. The van der Waals surface area contributed by atoms with E-state index >= 15 is 0 Å². The Bertz CT molecular complexity index is 292. The van der Waals surface area contributed by atoms with E-state index in [-0.39, 0.29) is 25.2 Å². The highest BCUT2D eigenvalue weighted by molar-refractivity contribution is 5.80. The van der Waals surface area contributed by atoms with E-state index in [1.54, 1.807) is 0 Å². The zero-order valence-electron chi connectivity index (χ0n) is 12.0. The summed E-state index contributed by atoms with van der Waals surface area (Å²) >= 11 is 0. The monoisotopic (exact) mass is 270 g/mol. The lowest BCUT2D eigenvalue weighted by molar-refractivity contribution is -0.137. The van der Waals surface area contributed by atoms with Gasteiger partial charge in [-0.3, -0.25) is 4.79 Å². The molecule has 0 aromatic heterocycles. The van der Waals surface area contributed by atoms with Crippen molar-refractivity contribution in [1.82, 2.24) is 10.2 Å². The molecule has 0 aliphatic carbocycles. The molecule has 1 atom stereocenters. The SMILES string of the molecule is C=CCN(CC(=O)O)C(=O)NC(CCC)CCCC. The second kappa shape index (κ2) is 10.4. The van der Waals surface area contributed by atoms with Crippen LogP contribution in [0.25, 0.3) is 0 Å². The van der Waals surface area contributed by atoms with Crippen LogP contribution in [0.2, 0.25) is 0 Å². The van der Waals surface area contributed by atoms with E-state index in [0.717, 1.165) is 32.1 Å². The number of nitrogens with one attached hydrogen (secondary N) is 1. The molecule has 0 heterocycles. The summed E-state index contributed by atoms with van der Waals surface area (Å²) in [5, 5.41) is 11.7. The van der Waals surface area contributed by atoms with Crippen molar-refractivity contribution in [2.75, 3.05) is 13.1 Å². The number of hydrogen-bond acceptors (Lipinski definition) is 2. The Balaban J connectivity index is 4.45. The number of hydrogen-bond donors (Lipinski definition) is 2. The van der Waals surface area contributed by atoms with E-state index in [4.69, 9.17) is 5.11 Å². The number of carbonyl (C=O) groups excluding carboxylic acids is 1. The number of carboxylic acid groups (broad SMARTS) is 1. The third-order valence-electron chi connectivity index (χ3n) is 2.83. The van der Waals surface area contributed by atoms with Gasteiger partial charge < -0.3 is 15.3 Å². The van der Waals surface area contributed by atoms with Crippen LogP contribution in [0.4, 0.5) is 4.79 Å². The van der Waals surface area contributed by atoms with Crippen molar-refractivity contribution >= 4 is 12.0 Å². The normalized spacial score (nSPS) is 11.7. The molecule has 0 aliphatic heterocycles. The van der Waals surface area contributed by atoms with Crippen molar-refractivity contribution in [2.45, 2.75) is 52.0 Å². The second-order valence-corrected chi connectivity index (χ2v) is 4.64. The topological polar surface area (TPSA) is 69.6 Å². The Morgan fingerprint density at radius 2 is 2.00 bits per heavy atom. The highest BCUT2D eigenvalue weighted by Crippen LogP contribution is 2.07. The van der Waals surface area contributed by atoms with Gasteiger partial charge in [0, 0.05) is 12.6 Å². The van der Waals surface area contributed by atoms with Gasteiger partial charge in [-0.1, -0.05) is 39.2 Å². The zero-order chi connectivity index (χ0) is 14.7. The molecule has 0 saturated carbocycles. The first-order valence-electron chi connectivity index (χ1n) is 6.93. The molecule has 0 rings (SSSR count). The minimum absolute atomic E-state index is 0.124. The lowest BCUT2D eigenvalue weighted by atomic mass is 10.1. The van der Waals surface area contributed by atoms with Crippen LogP contribution in [-0.4, -0.2) is 41.1 Å². The maximum Gasteiger partial charge on any atom is 0.323 e. The molecule has 110 valence electrons. The van der Waals surface area contributed by atoms with E-state index in [1.165, 1.54) is 11.0 Å². The number of aliphatic carboxylic acids is 1. The number of carbonyl (C=O) groups is 2. The number of rotatable bonds is 10. The summed E-state index contributed by atoms with van der Waals surface area (Å²) in [7, 11) is 0. The minimum atomic E-state index is -1.02. The summed E-state index contributed by atoms with van der Waals surface area (Å²) in [5.41, 5.74) is 0. The van der Waals surface area contributed by atoms with Gasteiger partial charge in [-0.05, 0) is 12.8 Å². The summed E-state index contributed by atoms with van der Waals surface area (Å²) in [6.45, 7) is 7.66. The maximum absolute atomic E-state index is 12.0. The van der Waals surface area contributed by atoms with Gasteiger partial charge in [0.2, 0.25) is 0 Å². The summed E-state index contributed by atoms with van der Waals surface area (Å²) in [4.78, 5) is 24.0. The fourth-order valence-electron chi connectivity index (χ4n) is 1.89. The predicted octanol–water partition coefficient (Wildman–Crippen LogP) is 2.63. The Morgan fingerprint density at radius 3 is 2.47 bits per heavy atom. The number of urea groups is 1. The smallest absolute Gasteiger partial charge is 0.323 e. The quantitative estimate of drug-likeness (QED) is 0.599. The fraction of sp³-hybridized carbons (Fsp3) is 0.714. The van der Waals surface area contributed by atoms with E-state index < -0.39 is 5.97 Å². The van der Waals surface area contributed by atoms with Gasteiger partial charge in [-0.25, -0.2) is 4.79 Å². The Labute approximate surface area is 115 Å². The number of carboxylic acids is 1. The van der Waals surface area contributed by atoms with Gasteiger partial charge in [0.1, 0.15) is 6.54 Å². The summed E-state index contributed by atoms with van der Waals surface area (Å²) in [6.07, 6.45) is 6.52. The van der Waals surface area contributed by atoms with Crippen molar-refractivity contribution in [3.63, 3.8) is 0 Å². The van der Waals surface area contributed by atoms with Crippen molar-refractivity contribution < 1.29 is 14.7 Å². The summed E-state index contributed by atoms with van der Waals surface area (Å²) < 4.78 is 0. The number of unbranched alkanes of at least 4 members (excludes halogenated alkanes) is 1. The predicted molar refractivity (Wildman–Crippen MR) is 76.2 cm³/mol. The Kier molecular flexibility index (Phi) is 9.57. The molecule has 0 saturated heterocycles. The third kappa shape index (κ3) is 8.24. The van der Waals surface area contributed by atoms with E-state index in [9.17, 15) is 9.59 Å². The standard InChI is InChI=1S/C14H26N2O3/c1-4-7-9-12(8-5-2)15-14(19)16(10-6-3)11-13(17)18/h6,12H,3-5,7-11H2,1-2H3,(H,15,19)(H,17,18). The Hall–Kier alpha value is -1.52. The van der Waals surface area contributed by atoms with Crippen molar-refractivity contribution in [3.8, 4) is 0 Å². The molecule has 0 radical (unpaired) electrons. The molecule has 0 bridgehead atoms. The van der Waals surface area contributed by atoms with Crippen LogP contribution >= 0.6 is 0 Å². The molecule has 5 nitrogen and oxygen atoms in total. The molecule has 1 unspecified atom stereocenters. The molecule has 0 spiro atoms. The molecule has 0 aromatic carbocycles.